The van der Waals surface area contributed by atoms with E-state index in [4.69, 9.17) is 4.74 Å². The number of fused-ring (bicyclic) bond motifs is 2. The molecule has 3 heterocycles. The molecule has 42 heavy (non-hydrogen) atoms. The van der Waals surface area contributed by atoms with Crippen molar-refractivity contribution >= 4 is 37.4 Å². The molecule has 226 valence electrons. The molecule has 2 fully saturated rings. The zero-order valence-corrected chi connectivity index (χ0v) is 25.8. The predicted molar refractivity (Wildman–Crippen MR) is 163 cm³/mol. The molecule has 2 aromatic rings. The molecule has 0 bridgehead atoms. The lowest BCUT2D eigenvalue weighted by Crippen LogP contribution is -2.44. The van der Waals surface area contributed by atoms with E-state index in [0.717, 1.165) is 36.9 Å². The first-order chi connectivity index (χ1) is 20.1. The lowest BCUT2D eigenvalue weighted by Gasteiger charge is -2.32. The van der Waals surface area contributed by atoms with Crippen LogP contribution in [0.5, 0.6) is 0 Å². The van der Waals surface area contributed by atoms with Gasteiger partial charge in [-0.25, -0.2) is 0 Å². The van der Waals surface area contributed by atoms with Crippen LogP contribution in [0, 0.1) is 5.92 Å². The fraction of sp³-hybridized carbons (Fsp3) is 0.531. The number of aliphatic hydroxyl groups excluding tert-OH is 1. The molecule has 3 N–H and O–H groups in total. The van der Waals surface area contributed by atoms with Gasteiger partial charge in [0.15, 0.2) is 13.9 Å². The van der Waals surface area contributed by atoms with Crippen LogP contribution in [0.2, 0.25) is 18.6 Å². The van der Waals surface area contributed by atoms with Crippen molar-refractivity contribution in [1.29, 1.82) is 0 Å². The third-order valence-corrected chi connectivity index (χ3v) is 11.7. The zero-order chi connectivity index (χ0) is 30.1. The zero-order valence-electron chi connectivity index (χ0n) is 24.8. The van der Waals surface area contributed by atoms with Crippen LogP contribution in [0.3, 0.4) is 0 Å². The first-order valence-electron chi connectivity index (χ1n) is 15.2. The molecule has 9 nitrogen and oxygen atoms in total. The monoisotopic (exact) mass is 593 g/mol. The topological polar surface area (TPSA) is 119 Å². The minimum Gasteiger partial charge on any atom is -0.432 e. The highest BCUT2D eigenvalue weighted by atomic mass is 28.4. The molecule has 10 heteroatoms. The first-order valence-corrected chi connectivity index (χ1v) is 18.2. The summed E-state index contributed by atoms with van der Waals surface area (Å²) in [5, 5.41) is 12.7. The van der Waals surface area contributed by atoms with Crippen molar-refractivity contribution in [3.8, 4) is 0 Å². The smallest absolute Gasteiger partial charge is 0.261 e. The van der Waals surface area contributed by atoms with Crippen molar-refractivity contribution < 1.29 is 29.0 Å². The summed E-state index contributed by atoms with van der Waals surface area (Å²) in [6, 6.07) is 15.2. The minimum atomic E-state index is -2.95. The van der Waals surface area contributed by atoms with Crippen LogP contribution in [-0.2, 0) is 31.3 Å². The number of anilines is 2. The van der Waals surface area contributed by atoms with Gasteiger partial charge in [0.1, 0.15) is 0 Å². The number of carbonyl (C=O) groups is 3. The molecule has 0 radical (unpaired) electrons. The summed E-state index contributed by atoms with van der Waals surface area (Å²) < 4.78 is 6.71. The van der Waals surface area contributed by atoms with Crippen LogP contribution >= 0.6 is 0 Å². The van der Waals surface area contributed by atoms with Gasteiger partial charge in [-0.3, -0.25) is 14.4 Å². The molecule has 5 rings (SSSR count). The quantitative estimate of drug-likeness (QED) is 0.396. The van der Waals surface area contributed by atoms with E-state index in [1.165, 1.54) is 0 Å². The molecule has 4 atom stereocenters. The molecule has 0 aromatic heterocycles. The molecule has 3 amide bonds. The van der Waals surface area contributed by atoms with Gasteiger partial charge < -0.3 is 29.8 Å². The van der Waals surface area contributed by atoms with Crippen molar-refractivity contribution in [2.45, 2.75) is 82.3 Å². The molecule has 1 spiro atoms. The third-order valence-electron chi connectivity index (χ3n) is 9.17. The average Bonchev–Trinajstić information content (AvgIpc) is 3.39. The van der Waals surface area contributed by atoms with E-state index in [1.54, 1.807) is 4.90 Å². The van der Waals surface area contributed by atoms with Gasteiger partial charge in [-0.05, 0) is 49.7 Å². The maximum absolute atomic E-state index is 13.8. The van der Waals surface area contributed by atoms with Crippen LogP contribution in [0.15, 0.2) is 48.5 Å². The van der Waals surface area contributed by atoms with E-state index in [-0.39, 0.29) is 37.3 Å². The summed E-state index contributed by atoms with van der Waals surface area (Å²) in [5.74, 6) is -0.851. The average molecular weight is 594 g/mol. The largest absolute Gasteiger partial charge is 0.432 e. The van der Waals surface area contributed by atoms with Gasteiger partial charge in [0, 0.05) is 54.5 Å². The Morgan fingerprint density at radius 2 is 1.86 bits per heavy atom. The van der Waals surface area contributed by atoms with Crippen molar-refractivity contribution in [2.24, 2.45) is 5.92 Å². The number of aliphatic hydroxyl groups is 1. The van der Waals surface area contributed by atoms with E-state index in [0.29, 0.717) is 30.8 Å². The number of hydrogen-bond acceptors (Lipinski definition) is 6. The Labute approximate surface area is 249 Å². The van der Waals surface area contributed by atoms with Crippen LogP contribution in [0.1, 0.15) is 56.6 Å². The minimum absolute atomic E-state index is 0.0203. The Bertz CT molecular complexity index is 1320. The molecular weight excluding hydrogens is 550 g/mol. The standard InChI is InChI=1S/C32H43N3O6Si/c1-22-30(42(2,3)40)27(20-29(38)34(17-18-36)21-23-11-7-6-8-12-23)41-32(22)25-19-24(14-15-26(25)33-31(32)39)35-16-10-5-4-9-13-28(35)37/h6-8,11-12,14-15,19,22,27,30,36,40H,4-5,9-10,13,16-18,20-21H2,1-3H3,(H,33,39)/t22-,27+,30-,32+/m1/s1. The molecule has 2 saturated heterocycles. The number of carbonyl (C=O) groups excluding carboxylic acids is 3. The lowest BCUT2D eigenvalue weighted by atomic mass is 9.82. The van der Waals surface area contributed by atoms with Gasteiger partial charge >= 0.3 is 0 Å². The lowest BCUT2D eigenvalue weighted by molar-refractivity contribution is -0.148. The number of nitrogens with zero attached hydrogens (tertiary/aromatic N) is 2. The van der Waals surface area contributed by atoms with Crippen LogP contribution in [0.25, 0.3) is 0 Å². The predicted octanol–water partition coefficient (Wildman–Crippen LogP) is 4.14. The summed E-state index contributed by atoms with van der Waals surface area (Å²) in [6.45, 7) is 6.54. The highest BCUT2D eigenvalue weighted by molar-refractivity contribution is 6.71. The Morgan fingerprint density at radius 3 is 2.57 bits per heavy atom. The molecule has 0 saturated carbocycles. The van der Waals surface area contributed by atoms with Gasteiger partial charge in [0.2, 0.25) is 11.8 Å². The van der Waals surface area contributed by atoms with E-state index >= 15 is 0 Å². The molecular formula is C32H43N3O6Si. The summed E-state index contributed by atoms with van der Waals surface area (Å²) in [4.78, 5) is 55.4. The number of nitrogens with one attached hydrogen (secondary N) is 1. The highest BCUT2D eigenvalue weighted by Gasteiger charge is 2.65. The van der Waals surface area contributed by atoms with E-state index in [9.17, 15) is 24.3 Å². The molecule has 2 aromatic carbocycles. The van der Waals surface area contributed by atoms with Crippen molar-refractivity contribution in [3.05, 3.63) is 59.7 Å². The van der Waals surface area contributed by atoms with E-state index in [1.807, 2.05) is 73.4 Å². The molecule has 3 aliphatic heterocycles. The van der Waals surface area contributed by atoms with Gasteiger partial charge in [-0.15, -0.1) is 0 Å². The number of rotatable bonds is 8. The fourth-order valence-corrected chi connectivity index (χ4v) is 9.76. The maximum atomic E-state index is 13.8. The molecule has 0 unspecified atom stereocenters. The second kappa shape index (κ2) is 12.3. The number of ether oxygens (including phenoxy) is 1. The highest BCUT2D eigenvalue weighted by Crippen LogP contribution is 2.58. The van der Waals surface area contributed by atoms with Gasteiger partial charge in [0.05, 0.1) is 19.1 Å². The summed E-state index contributed by atoms with van der Waals surface area (Å²) in [5.41, 5.74) is 1.17. The number of amides is 3. The van der Waals surface area contributed by atoms with Gasteiger partial charge in [0.25, 0.3) is 5.91 Å². The van der Waals surface area contributed by atoms with Gasteiger partial charge in [-0.2, -0.15) is 0 Å². The second-order valence-corrected chi connectivity index (χ2v) is 16.5. The Balaban J connectivity index is 1.47. The maximum Gasteiger partial charge on any atom is 0.261 e. The number of benzene rings is 2. The Kier molecular flexibility index (Phi) is 8.89. The van der Waals surface area contributed by atoms with E-state index in [2.05, 4.69) is 5.32 Å². The van der Waals surface area contributed by atoms with Gasteiger partial charge in [-0.1, -0.05) is 50.1 Å². The Morgan fingerprint density at radius 1 is 1.12 bits per heavy atom. The van der Waals surface area contributed by atoms with Crippen molar-refractivity contribution in [2.75, 3.05) is 29.9 Å². The third kappa shape index (κ3) is 5.77. The van der Waals surface area contributed by atoms with Crippen LogP contribution in [-0.4, -0.2) is 66.6 Å². The van der Waals surface area contributed by atoms with Crippen LogP contribution < -0.4 is 10.2 Å². The first kappa shape index (κ1) is 30.4. The summed E-state index contributed by atoms with van der Waals surface area (Å²) in [7, 11) is -2.95. The van der Waals surface area contributed by atoms with E-state index < -0.39 is 31.5 Å². The van der Waals surface area contributed by atoms with Crippen molar-refractivity contribution in [3.63, 3.8) is 0 Å². The normalized spacial score (nSPS) is 26.1. The second-order valence-electron chi connectivity index (χ2n) is 12.5. The molecule has 3 aliphatic rings. The Hall–Kier alpha value is -3.05. The SMILES string of the molecule is C[C@@H]1[C@@H]([Si](C)(C)O)[C@H](CC(=O)N(CCO)Cc2ccccc2)O[C@@]12C(=O)Nc1ccc(N3CCCCCCC3=O)cc12. The summed E-state index contributed by atoms with van der Waals surface area (Å²) in [6.07, 6.45) is 3.70. The number of hydrogen-bond donors (Lipinski definition) is 3. The van der Waals surface area contributed by atoms with Crippen LogP contribution in [0.4, 0.5) is 11.4 Å². The summed E-state index contributed by atoms with van der Waals surface area (Å²) >= 11 is 0. The molecule has 0 aliphatic carbocycles. The fourth-order valence-electron chi connectivity index (χ4n) is 7.20. The van der Waals surface area contributed by atoms with Crippen molar-refractivity contribution in [1.82, 2.24) is 4.90 Å².